The van der Waals surface area contributed by atoms with Gasteiger partial charge in [-0.15, -0.1) is 5.10 Å². The van der Waals surface area contributed by atoms with E-state index >= 15 is 0 Å². The molecule has 5 N–H and O–H groups in total. The van der Waals surface area contributed by atoms with Crippen molar-refractivity contribution in [2.24, 2.45) is 5.73 Å². The lowest BCUT2D eigenvalue weighted by molar-refractivity contribution is 0.1000. The fourth-order valence-corrected chi connectivity index (χ4v) is 2.23. The third-order valence-corrected chi connectivity index (χ3v) is 3.54. The SMILES string of the molecule is COc1ccc(Nc2nc(N)n(-c3ccc(C(N)=O)cn3)n2)c(OC)c1. The first-order valence-electron chi connectivity index (χ1n) is 7.49. The standard InChI is InChI=1S/C16H17N7O3/c1-25-10-4-5-11(12(7-10)26-2)20-16-21-15(18)23(22-16)13-6-3-9(8-19-13)14(17)24/h3-8H,1-2H3,(H2,17,24)(H3,18,20,21,22). The molecule has 3 aromatic rings. The van der Waals surface area contributed by atoms with Crippen molar-refractivity contribution < 1.29 is 14.3 Å². The predicted molar refractivity (Wildman–Crippen MR) is 94.9 cm³/mol. The first-order valence-corrected chi connectivity index (χ1v) is 7.49. The van der Waals surface area contributed by atoms with Gasteiger partial charge >= 0.3 is 0 Å². The topological polar surface area (TPSA) is 143 Å². The Hall–Kier alpha value is -3.82. The van der Waals surface area contributed by atoms with Crippen LogP contribution < -0.4 is 26.3 Å². The first-order chi connectivity index (χ1) is 12.5. The van der Waals surface area contributed by atoms with Gasteiger partial charge in [0.1, 0.15) is 11.5 Å². The van der Waals surface area contributed by atoms with E-state index in [1.807, 2.05) is 0 Å². The van der Waals surface area contributed by atoms with Crippen molar-refractivity contribution in [1.29, 1.82) is 0 Å². The second kappa shape index (κ2) is 6.97. The van der Waals surface area contributed by atoms with Gasteiger partial charge < -0.3 is 26.3 Å². The van der Waals surface area contributed by atoms with Crippen molar-refractivity contribution in [2.45, 2.75) is 0 Å². The highest BCUT2D eigenvalue weighted by atomic mass is 16.5. The summed E-state index contributed by atoms with van der Waals surface area (Å²) in [5, 5.41) is 7.30. The molecular weight excluding hydrogens is 338 g/mol. The van der Waals surface area contributed by atoms with E-state index in [4.69, 9.17) is 20.9 Å². The van der Waals surface area contributed by atoms with Crippen LogP contribution in [0.25, 0.3) is 5.82 Å². The van der Waals surface area contributed by atoms with Gasteiger partial charge in [0.15, 0.2) is 5.82 Å². The van der Waals surface area contributed by atoms with Crippen molar-refractivity contribution in [3.05, 3.63) is 42.1 Å². The van der Waals surface area contributed by atoms with E-state index in [2.05, 4.69) is 20.4 Å². The Morgan fingerprint density at radius 3 is 2.62 bits per heavy atom. The lowest BCUT2D eigenvalue weighted by atomic mass is 10.2. The van der Waals surface area contributed by atoms with E-state index in [-0.39, 0.29) is 17.5 Å². The lowest BCUT2D eigenvalue weighted by Crippen LogP contribution is -2.12. The zero-order valence-corrected chi connectivity index (χ0v) is 14.1. The van der Waals surface area contributed by atoms with E-state index in [1.54, 1.807) is 38.5 Å². The maximum atomic E-state index is 11.1. The molecule has 2 heterocycles. The molecule has 26 heavy (non-hydrogen) atoms. The minimum absolute atomic E-state index is 0.124. The third kappa shape index (κ3) is 3.34. The Labute approximate surface area is 148 Å². The van der Waals surface area contributed by atoms with Crippen LogP contribution in [0.5, 0.6) is 11.5 Å². The number of rotatable bonds is 6. The van der Waals surface area contributed by atoms with E-state index < -0.39 is 5.91 Å². The van der Waals surface area contributed by atoms with E-state index in [0.29, 0.717) is 23.0 Å². The lowest BCUT2D eigenvalue weighted by Gasteiger charge is -2.10. The number of primary amides is 1. The number of ether oxygens (including phenoxy) is 2. The van der Waals surface area contributed by atoms with Crippen LogP contribution in [0.15, 0.2) is 36.5 Å². The minimum atomic E-state index is -0.565. The quantitative estimate of drug-likeness (QED) is 0.596. The molecule has 0 fully saturated rings. The molecule has 1 amide bonds. The van der Waals surface area contributed by atoms with Gasteiger partial charge in [-0.05, 0) is 24.3 Å². The molecule has 0 aliphatic heterocycles. The third-order valence-electron chi connectivity index (χ3n) is 3.54. The predicted octanol–water partition coefficient (Wildman–Crippen LogP) is 1.10. The average molecular weight is 355 g/mol. The second-order valence-corrected chi connectivity index (χ2v) is 5.17. The molecule has 0 spiro atoms. The zero-order chi connectivity index (χ0) is 18.7. The normalized spacial score (nSPS) is 10.4. The number of amides is 1. The molecule has 2 aromatic heterocycles. The van der Waals surface area contributed by atoms with Crippen molar-refractivity contribution in [3.63, 3.8) is 0 Å². The summed E-state index contributed by atoms with van der Waals surface area (Å²) in [6, 6.07) is 8.38. The van der Waals surface area contributed by atoms with E-state index in [9.17, 15) is 4.79 Å². The Bertz CT molecular complexity index is 938. The molecule has 0 atom stereocenters. The molecular formula is C16H17N7O3. The van der Waals surface area contributed by atoms with Crippen LogP contribution in [0.1, 0.15) is 10.4 Å². The largest absolute Gasteiger partial charge is 0.497 e. The van der Waals surface area contributed by atoms with Crippen molar-refractivity contribution in [1.82, 2.24) is 19.7 Å². The van der Waals surface area contributed by atoms with Gasteiger partial charge in [-0.1, -0.05) is 0 Å². The van der Waals surface area contributed by atoms with Crippen LogP contribution in [-0.4, -0.2) is 39.9 Å². The van der Waals surface area contributed by atoms with Crippen LogP contribution in [0.4, 0.5) is 17.6 Å². The van der Waals surface area contributed by atoms with Gasteiger partial charge in [0, 0.05) is 12.3 Å². The molecule has 0 aliphatic carbocycles. The number of nitrogens with two attached hydrogens (primary N) is 2. The number of carbonyl (C=O) groups is 1. The molecule has 0 radical (unpaired) electrons. The fraction of sp³-hybridized carbons (Fsp3) is 0.125. The summed E-state index contributed by atoms with van der Waals surface area (Å²) in [4.78, 5) is 19.4. The monoisotopic (exact) mass is 355 g/mol. The van der Waals surface area contributed by atoms with Crippen LogP contribution in [0.2, 0.25) is 0 Å². The van der Waals surface area contributed by atoms with Gasteiger partial charge in [-0.2, -0.15) is 9.67 Å². The number of nitrogen functional groups attached to an aromatic ring is 1. The number of carbonyl (C=O) groups excluding carboxylic acids is 1. The summed E-state index contributed by atoms with van der Waals surface area (Å²) in [6.45, 7) is 0. The highest BCUT2D eigenvalue weighted by Crippen LogP contribution is 2.31. The van der Waals surface area contributed by atoms with Crippen molar-refractivity contribution in [3.8, 4) is 17.3 Å². The maximum Gasteiger partial charge on any atom is 0.250 e. The smallest absolute Gasteiger partial charge is 0.250 e. The molecule has 10 heteroatoms. The van der Waals surface area contributed by atoms with Crippen molar-refractivity contribution in [2.75, 3.05) is 25.3 Å². The highest BCUT2D eigenvalue weighted by Gasteiger charge is 2.13. The average Bonchev–Trinajstić information content (AvgIpc) is 3.02. The molecule has 3 rings (SSSR count). The summed E-state index contributed by atoms with van der Waals surface area (Å²) in [6.07, 6.45) is 1.35. The molecule has 0 bridgehead atoms. The first kappa shape index (κ1) is 17.0. The number of aromatic nitrogens is 4. The Kier molecular flexibility index (Phi) is 4.56. The molecule has 0 saturated heterocycles. The van der Waals surface area contributed by atoms with Crippen LogP contribution in [-0.2, 0) is 0 Å². The highest BCUT2D eigenvalue weighted by molar-refractivity contribution is 5.92. The van der Waals surface area contributed by atoms with Crippen LogP contribution in [0, 0.1) is 0 Å². The summed E-state index contributed by atoms with van der Waals surface area (Å²) in [7, 11) is 3.12. The minimum Gasteiger partial charge on any atom is -0.497 e. The fourth-order valence-electron chi connectivity index (χ4n) is 2.23. The number of nitrogens with one attached hydrogen (secondary N) is 1. The zero-order valence-electron chi connectivity index (χ0n) is 14.1. The second-order valence-electron chi connectivity index (χ2n) is 5.17. The summed E-state index contributed by atoms with van der Waals surface area (Å²) >= 11 is 0. The van der Waals surface area contributed by atoms with Crippen LogP contribution in [0.3, 0.4) is 0 Å². The Balaban J connectivity index is 1.88. The summed E-state index contributed by atoms with van der Waals surface area (Å²) < 4.78 is 11.8. The molecule has 0 saturated carbocycles. The van der Waals surface area contributed by atoms with Gasteiger partial charge in [0.05, 0.1) is 25.5 Å². The number of pyridine rings is 1. The van der Waals surface area contributed by atoms with E-state index in [1.165, 1.54) is 16.9 Å². The molecule has 0 aliphatic rings. The number of anilines is 3. The van der Waals surface area contributed by atoms with Gasteiger partial charge in [-0.25, -0.2) is 4.98 Å². The number of nitrogens with zero attached hydrogens (tertiary/aromatic N) is 4. The number of benzene rings is 1. The Morgan fingerprint density at radius 2 is 2.00 bits per heavy atom. The maximum absolute atomic E-state index is 11.1. The number of methoxy groups -OCH3 is 2. The van der Waals surface area contributed by atoms with Crippen molar-refractivity contribution >= 4 is 23.5 Å². The van der Waals surface area contributed by atoms with Gasteiger partial charge in [0.2, 0.25) is 17.8 Å². The molecule has 0 unspecified atom stereocenters. The number of hydrogen-bond donors (Lipinski definition) is 3. The number of hydrogen-bond acceptors (Lipinski definition) is 8. The Morgan fingerprint density at radius 1 is 1.19 bits per heavy atom. The summed E-state index contributed by atoms with van der Waals surface area (Å²) in [5.41, 5.74) is 12.0. The molecule has 1 aromatic carbocycles. The van der Waals surface area contributed by atoms with Gasteiger partial charge in [-0.3, -0.25) is 4.79 Å². The molecule has 10 nitrogen and oxygen atoms in total. The molecule has 134 valence electrons. The van der Waals surface area contributed by atoms with Gasteiger partial charge in [0.25, 0.3) is 0 Å². The summed E-state index contributed by atoms with van der Waals surface area (Å²) in [5.74, 6) is 1.43. The van der Waals surface area contributed by atoms with Crippen LogP contribution >= 0.6 is 0 Å². The van der Waals surface area contributed by atoms with E-state index in [0.717, 1.165) is 0 Å².